The summed E-state index contributed by atoms with van der Waals surface area (Å²) in [5.41, 5.74) is 0. The Balaban J connectivity index is 2.16. The van der Waals surface area contributed by atoms with Crippen molar-refractivity contribution in [3.63, 3.8) is 0 Å². The highest BCUT2D eigenvalue weighted by molar-refractivity contribution is 5.97. The van der Waals surface area contributed by atoms with Gasteiger partial charge >= 0.3 is 11.9 Å². The molecule has 0 saturated carbocycles. The van der Waals surface area contributed by atoms with Crippen LogP contribution in [0.15, 0.2) is 12.2 Å². The maximum Gasteiger partial charge on any atom is 0.324 e. The van der Waals surface area contributed by atoms with Gasteiger partial charge in [-0.1, -0.05) is 12.2 Å². The number of ether oxygens (including phenoxy) is 2. The molecule has 0 bridgehead atoms. The minimum Gasteiger partial charge on any atom is -0.422 e. The summed E-state index contributed by atoms with van der Waals surface area (Å²) in [4.78, 5) is 23.3. The minimum absolute atomic E-state index is 0.0545. The summed E-state index contributed by atoms with van der Waals surface area (Å²) in [5.74, 6) is -2.87. The predicted octanol–water partition coefficient (Wildman–Crippen LogP) is 1.40. The van der Waals surface area contributed by atoms with Crippen molar-refractivity contribution in [2.24, 2.45) is 11.8 Å². The molecule has 4 nitrogen and oxygen atoms in total. The molecule has 1 fully saturated rings. The maximum absolute atomic E-state index is 11.7. The van der Waals surface area contributed by atoms with Crippen LogP contribution in [0, 0.1) is 11.8 Å². The van der Waals surface area contributed by atoms with E-state index >= 15 is 0 Å². The van der Waals surface area contributed by atoms with Gasteiger partial charge in [0.25, 0.3) is 5.79 Å². The average Bonchev–Trinajstić information content (AvgIpc) is 2.52. The van der Waals surface area contributed by atoms with Crippen molar-refractivity contribution in [1.29, 1.82) is 0 Å². The second-order valence-electron chi connectivity index (χ2n) is 4.39. The van der Waals surface area contributed by atoms with Gasteiger partial charge in [0.2, 0.25) is 0 Å². The normalized spacial score (nSPS) is 30.1. The van der Waals surface area contributed by atoms with Crippen molar-refractivity contribution in [2.45, 2.75) is 32.5 Å². The Morgan fingerprint density at radius 1 is 1.27 bits per heavy atom. The fourth-order valence-corrected chi connectivity index (χ4v) is 2.01. The van der Waals surface area contributed by atoms with Crippen molar-refractivity contribution in [3.8, 4) is 0 Å². The second kappa shape index (κ2) is 3.36. The van der Waals surface area contributed by atoms with Crippen LogP contribution < -0.4 is 0 Å². The highest BCUT2D eigenvalue weighted by Crippen LogP contribution is 2.33. The van der Waals surface area contributed by atoms with Crippen molar-refractivity contribution >= 4 is 11.9 Å². The van der Waals surface area contributed by atoms with Crippen LogP contribution in [0.5, 0.6) is 0 Å². The number of carbonyl (C=O) groups excluding carboxylic acids is 2. The predicted molar refractivity (Wildman–Crippen MR) is 51.6 cm³/mol. The number of cyclic esters (lactones) is 2. The second-order valence-corrected chi connectivity index (χ2v) is 4.39. The summed E-state index contributed by atoms with van der Waals surface area (Å²) in [6, 6.07) is 0. The van der Waals surface area contributed by atoms with Gasteiger partial charge in [-0.05, 0) is 12.8 Å². The molecule has 2 rings (SSSR count). The molecule has 0 aromatic heterocycles. The Kier molecular flexibility index (Phi) is 2.29. The molecule has 0 amide bonds. The Hall–Kier alpha value is -1.32. The summed E-state index contributed by atoms with van der Waals surface area (Å²) in [7, 11) is 0. The van der Waals surface area contributed by atoms with E-state index in [2.05, 4.69) is 0 Å². The van der Waals surface area contributed by atoms with Gasteiger partial charge < -0.3 is 9.47 Å². The molecule has 0 spiro atoms. The van der Waals surface area contributed by atoms with Crippen LogP contribution in [0.3, 0.4) is 0 Å². The first-order valence-electron chi connectivity index (χ1n) is 5.12. The highest BCUT2D eigenvalue weighted by atomic mass is 16.7. The van der Waals surface area contributed by atoms with Crippen molar-refractivity contribution in [3.05, 3.63) is 12.2 Å². The van der Waals surface area contributed by atoms with E-state index in [1.807, 2.05) is 12.2 Å². The van der Waals surface area contributed by atoms with Crippen LogP contribution >= 0.6 is 0 Å². The third kappa shape index (κ3) is 1.89. The molecule has 1 atom stereocenters. The van der Waals surface area contributed by atoms with Gasteiger partial charge in [0.05, 0.1) is 0 Å². The fourth-order valence-electron chi connectivity index (χ4n) is 2.01. The minimum atomic E-state index is -1.12. The average molecular weight is 210 g/mol. The number of hydrogen-bond acceptors (Lipinski definition) is 4. The zero-order valence-corrected chi connectivity index (χ0v) is 8.86. The van der Waals surface area contributed by atoms with E-state index in [9.17, 15) is 9.59 Å². The van der Waals surface area contributed by atoms with Gasteiger partial charge in [0.15, 0.2) is 5.92 Å². The zero-order valence-electron chi connectivity index (χ0n) is 8.86. The fraction of sp³-hybridized carbons (Fsp3) is 0.636. The Morgan fingerprint density at radius 3 is 2.33 bits per heavy atom. The van der Waals surface area contributed by atoms with Gasteiger partial charge in [0.1, 0.15) is 0 Å². The highest BCUT2D eigenvalue weighted by Gasteiger charge is 2.46. The van der Waals surface area contributed by atoms with Crippen molar-refractivity contribution < 1.29 is 19.1 Å². The summed E-state index contributed by atoms with van der Waals surface area (Å²) in [5, 5.41) is 0. The Morgan fingerprint density at radius 2 is 1.87 bits per heavy atom. The smallest absolute Gasteiger partial charge is 0.324 e. The summed E-state index contributed by atoms with van der Waals surface area (Å²) in [6.45, 7) is 3.12. The van der Waals surface area contributed by atoms with Crippen molar-refractivity contribution in [2.75, 3.05) is 0 Å². The molecule has 1 heterocycles. The van der Waals surface area contributed by atoms with E-state index < -0.39 is 23.6 Å². The lowest BCUT2D eigenvalue weighted by Gasteiger charge is -2.34. The molecule has 15 heavy (non-hydrogen) atoms. The zero-order chi connectivity index (χ0) is 11.1. The molecule has 4 heteroatoms. The van der Waals surface area contributed by atoms with Gasteiger partial charge in [-0.15, -0.1) is 0 Å². The molecule has 0 aromatic rings. The number of allylic oxidation sites excluding steroid dienone is 2. The van der Waals surface area contributed by atoms with Crippen LogP contribution in [0.4, 0.5) is 0 Å². The number of carbonyl (C=O) groups is 2. The van der Waals surface area contributed by atoms with E-state index in [0.29, 0.717) is 0 Å². The first-order chi connectivity index (χ1) is 6.99. The lowest BCUT2D eigenvalue weighted by molar-refractivity contribution is -0.241. The van der Waals surface area contributed by atoms with E-state index in [-0.39, 0.29) is 5.92 Å². The van der Waals surface area contributed by atoms with Crippen LogP contribution in [0.25, 0.3) is 0 Å². The molecular weight excluding hydrogens is 196 g/mol. The first kappa shape index (κ1) is 10.2. The van der Waals surface area contributed by atoms with Gasteiger partial charge in [-0.3, -0.25) is 9.59 Å². The monoisotopic (exact) mass is 210 g/mol. The van der Waals surface area contributed by atoms with E-state index in [0.717, 1.165) is 12.8 Å². The van der Waals surface area contributed by atoms with E-state index in [1.54, 1.807) is 13.8 Å². The molecule has 1 aliphatic carbocycles. The van der Waals surface area contributed by atoms with E-state index in [1.165, 1.54) is 0 Å². The first-order valence-corrected chi connectivity index (χ1v) is 5.12. The van der Waals surface area contributed by atoms with Crippen LogP contribution in [-0.2, 0) is 19.1 Å². The molecule has 82 valence electrons. The van der Waals surface area contributed by atoms with Crippen LogP contribution in [0.2, 0.25) is 0 Å². The molecule has 1 aliphatic heterocycles. The summed E-state index contributed by atoms with van der Waals surface area (Å²) < 4.78 is 10.1. The molecule has 1 saturated heterocycles. The van der Waals surface area contributed by atoms with Gasteiger partial charge in [-0.25, -0.2) is 0 Å². The maximum atomic E-state index is 11.7. The molecule has 0 radical (unpaired) electrons. The van der Waals surface area contributed by atoms with Crippen LogP contribution in [-0.4, -0.2) is 17.7 Å². The number of rotatable bonds is 1. The molecule has 2 aliphatic rings. The third-order valence-electron chi connectivity index (χ3n) is 2.68. The van der Waals surface area contributed by atoms with Crippen LogP contribution in [0.1, 0.15) is 26.7 Å². The van der Waals surface area contributed by atoms with Gasteiger partial charge in [0, 0.05) is 19.8 Å². The molecule has 1 unspecified atom stereocenters. The quantitative estimate of drug-likeness (QED) is 0.373. The van der Waals surface area contributed by atoms with Gasteiger partial charge in [-0.2, -0.15) is 0 Å². The Labute approximate surface area is 88.2 Å². The van der Waals surface area contributed by atoms with E-state index in [4.69, 9.17) is 9.47 Å². The molecular formula is C11H14O4. The summed E-state index contributed by atoms with van der Waals surface area (Å²) in [6.07, 6.45) is 5.59. The topological polar surface area (TPSA) is 52.6 Å². The SMILES string of the molecule is CC1(C)OC(=O)C(C2C=CCC2)C(=O)O1. The number of esters is 2. The Bertz CT molecular complexity index is 309. The standard InChI is InChI=1S/C11H14O4/c1-11(2)14-9(12)8(10(13)15-11)7-5-3-4-6-7/h3,5,7-8H,4,6H2,1-2H3. The van der Waals surface area contributed by atoms with Crippen molar-refractivity contribution in [1.82, 2.24) is 0 Å². The molecule has 0 aromatic carbocycles. The largest absolute Gasteiger partial charge is 0.422 e. The third-order valence-corrected chi connectivity index (χ3v) is 2.68. The lowest BCUT2D eigenvalue weighted by atomic mass is 9.91. The lowest BCUT2D eigenvalue weighted by Crippen LogP contribution is -2.48. The molecule has 0 N–H and O–H groups in total. The summed E-state index contributed by atoms with van der Waals surface area (Å²) >= 11 is 0. The number of hydrogen-bond donors (Lipinski definition) is 0.